The van der Waals surface area contributed by atoms with Gasteiger partial charge in [-0.3, -0.25) is 52.5 Å². The van der Waals surface area contributed by atoms with Gasteiger partial charge in [0.25, 0.3) is 0 Å². The molecule has 24 nitrogen and oxygen atoms in total. The highest BCUT2D eigenvalue weighted by molar-refractivity contribution is 7.98. The lowest BCUT2D eigenvalue weighted by Gasteiger charge is -2.31. The largest absolute Gasteiger partial charge is 0.481 e. The predicted octanol–water partition coefficient (Wildman–Crippen LogP) is 2.15. The van der Waals surface area contributed by atoms with Crippen LogP contribution in [-0.2, 0) is 77.9 Å². The Kier molecular flexibility index (Phi) is 23.9. The number of primary amides is 1. The van der Waals surface area contributed by atoms with Crippen molar-refractivity contribution in [1.29, 1.82) is 0 Å². The van der Waals surface area contributed by atoms with Gasteiger partial charge in [-0.25, -0.2) is 0 Å². The van der Waals surface area contributed by atoms with Gasteiger partial charge in [0, 0.05) is 54.7 Å². The Hall–Kier alpha value is -7.31. The average molecular weight is 1210 g/mol. The maximum Gasteiger partial charge on any atom is 0.329 e. The number of amides is 9. The topological polar surface area (TPSA) is 387 Å². The number of aliphatic carboxylic acids is 1. The molecule has 6 atom stereocenters. The van der Waals surface area contributed by atoms with Gasteiger partial charge in [0.1, 0.15) is 47.3 Å². The third-order valence-corrected chi connectivity index (χ3v) is 15.3. The summed E-state index contributed by atoms with van der Waals surface area (Å²) < 4.78 is 11.8. The summed E-state index contributed by atoms with van der Waals surface area (Å²) in [5, 5.41) is 31.9. The number of hydrogen-bond acceptors (Lipinski definition) is 12. The number of thioether (sulfide) groups is 1. The number of aromatic amines is 1. The van der Waals surface area contributed by atoms with E-state index in [4.69, 9.17) is 17.3 Å². The molecule has 0 bridgehead atoms. The maximum absolute atomic E-state index is 14.9. The SMILES string of the molecule is CSCCC(NC(=O)C(Cc1ccccc1)NC(C)=O)C(=O)NC(C)(C)C(=O)NC(Cc1ccc(CP(=O)(O)O)cc1)C(=O)NC(Cc1c[nH]c2cc(Cl)ccc12)C(=O)NC(CCC(=O)O)C(=O)NC1(C(=O)NC(CC(C)C)C(N)=O)CC1. The number of fused-ring (bicyclic) bond motifs is 1. The summed E-state index contributed by atoms with van der Waals surface area (Å²) in [7, 11) is -4.49. The van der Waals surface area contributed by atoms with Crippen LogP contribution in [0.3, 0.4) is 0 Å². The Balaban J connectivity index is 1.46. The molecule has 450 valence electrons. The number of nitrogens with two attached hydrogens (primary N) is 1. The fraction of sp³-hybridized carbons (Fsp3) is 0.464. The number of nitrogens with one attached hydrogen (secondary N) is 9. The van der Waals surface area contributed by atoms with Crippen LogP contribution >= 0.6 is 31.0 Å². The standard InChI is InChI=1S/C56H74ClN10O14PS/c1-31(2)24-42(47(58)71)64-54(78)56(21-22-56)67-52(76)39(18-19-46(69)70)61-50(74)45(27-36-29-59-41-28-37(57)16-17-38(36)41)63-49(73)44(26-34-12-14-35(15-13-34)30-82(79,80)81)65-53(77)55(4,5)66-51(75)40(20-23-83-6)62-48(72)43(60-32(3)68)25-33-10-8-7-9-11-33/h7-17,28-29,31,39-40,42-45,59H,18-27,30H2,1-6H3,(H2,58,71)(H,60,68)(H,61,74)(H,62,72)(H,63,73)(H,64,78)(H,65,77)(H,66,75)(H,67,76)(H,69,70)(H2,79,80,81). The van der Waals surface area contributed by atoms with Crippen LogP contribution in [0, 0.1) is 5.92 Å². The molecule has 4 aromatic rings. The molecule has 1 heterocycles. The molecule has 0 spiro atoms. The normalized spacial score (nSPS) is 15.0. The second-order valence-corrected chi connectivity index (χ2v) is 24.7. The number of aromatic nitrogens is 1. The van der Waals surface area contributed by atoms with E-state index in [1.54, 1.807) is 61.0 Å². The first kappa shape index (κ1) is 66.5. The van der Waals surface area contributed by atoms with E-state index in [0.29, 0.717) is 32.8 Å². The average Bonchev–Trinajstić information content (AvgIpc) is 2.77. The molecule has 9 amide bonds. The van der Waals surface area contributed by atoms with Gasteiger partial charge < -0.3 is 68.1 Å². The molecule has 0 radical (unpaired) electrons. The Morgan fingerprint density at radius 3 is 1.81 bits per heavy atom. The first-order valence-corrected chi connectivity index (χ1v) is 30.4. The van der Waals surface area contributed by atoms with Gasteiger partial charge in [0.2, 0.25) is 53.2 Å². The van der Waals surface area contributed by atoms with E-state index in [-0.39, 0.29) is 56.4 Å². The van der Waals surface area contributed by atoms with E-state index >= 15 is 0 Å². The minimum Gasteiger partial charge on any atom is -0.481 e. The van der Waals surface area contributed by atoms with E-state index < -0.39 is 133 Å². The highest BCUT2D eigenvalue weighted by Gasteiger charge is 2.52. The van der Waals surface area contributed by atoms with Crippen LogP contribution in [0.15, 0.2) is 79.0 Å². The molecule has 1 saturated carbocycles. The molecule has 1 fully saturated rings. The van der Waals surface area contributed by atoms with Crippen molar-refractivity contribution in [2.75, 3.05) is 12.0 Å². The van der Waals surface area contributed by atoms with Crippen molar-refractivity contribution in [3.05, 3.63) is 106 Å². The zero-order chi connectivity index (χ0) is 61.4. The number of rotatable bonds is 32. The van der Waals surface area contributed by atoms with Crippen LogP contribution in [0.2, 0.25) is 5.02 Å². The summed E-state index contributed by atoms with van der Waals surface area (Å²) in [6, 6.07) is 11.5. The predicted molar refractivity (Wildman–Crippen MR) is 311 cm³/mol. The van der Waals surface area contributed by atoms with E-state index in [1.807, 2.05) is 13.8 Å². The molecule has 1 aromatic heterocycles. The van der Waals surface area contributed by atoms with Crippen molar-refractivity contribution < 1.29 is 67.4 Å². The van der Waals surface area contributed by atoms with Crippen LogP contribution < -0.4 is 48.3 Å². The van der Waals surface area contributed by atoms with E-state index in [1.165, 1.54) is 56.8 Å². The molecule has 5 rings (SSSR count). The number of halogens is 1. The fourth-order valence-electron chi connectivity index (χ4n) is 9.04. The van der Waals surface area contributed by atoms with Gasteiger partial charge in [0.05, 0.1) is 6.16 Å². The molecule has 0 saturated heterocycles. The number of carbonyl (C=O) groups excluding carboxylic acids is 9. The van der Waals surface area contributed by atoms with Gasteiger partial charge in [0.15, 0.2) is 0 Å². The van der Waals surface area contributed by atoms with Crippen molar-refractivity contribution in [1.82, 2.24) is 47.5 Å². The van der Waals surface area contributed by atoms with Crippen LogP contribution in [-0.4, -0.2) is 138 Å². The second-order valence-electron chi connectivity index (χ2n) is 21.7. The Bertz CT molecular complexity index is 3060. The summed E-state index contributed by atoms with van der Waals surface area (Å²) in [4.78, 5) is 159. The van der Waals surface area contributed by atoms with Crippen molar-refractivity contribution in [2.24, 2.45) is 11.7 Å². The number of carbonyl (C=O) groups is 10. The minimum atomic E-state index is -4.49. The minimum absolute atomic E-state index is 0.0392. The van der Waals surface area contributed by atoms with Crippen molar-refractivity contribution >= 4 is 101 Å². The zero-order valence-electron chi connectivity index (χ0n) is 47.0. The van der Waals surface area contributed by atoms with Gasteiger partial charge in [-0.15, -0.1) is 0 Å². The lowest BCUT2D eigenvalue weighted by molar-refractivity contribution is -0.139. The smallest absolute Gasteiger partial charge is 0.329 e. The molecule has 1 aliphatic carbocycles. The third kappa shape index (κ3) is 20.8. The van der Waals surface area contributed by atoms with Crippen LogP contribution in [0.4, 0.5) is 0 Å². The Morgan fingerprint density at radius 1 is 0.711 bits per heavy atom. The molecular weight excluding hydrogens is 1140 g/mol. The number of carboxylic acid groups (broad SMARTS) is 1. The van der Waals surface area contributed by atoms with Gasteiger partial charge in [-0.05, 0) is 98.3 Å². The highest BCUT2D eigenvalue weighted by atomic mass is 35.5. The number of H-pyrrole nitrogens is 1. The van der Waals surface area contributed by atoms with E-state index in [9.17, 15) is 67.4 Å². The Morgan fingerprint density at radius 2 is 1.27 bits per heavy atom. The number of hydrogen-bond donors (Lipinski definition) is 13. The first-order valence-electron chi connectivity index (χ1n) is 26.8. The number of carboxylic acids is 1. The van der Waals surface area contributed by atoms with E-state index in [0.717, 1.165) is 5.56 Å². The third-order valence-electron chi connectivity index (χ3n) is 13.7. The molecule has 14 N–H and O–H groups in total. The molecule has 6 unspecified atom stereocenters. The molecule has 1 aliphatic rings. The fourth-order valence-corrected chi connectivity index (χ4v) is 10.4. The lowest BCUT2D eigenvalue weighted by atomic mass is 9.98. The summed E-state index contributed by atoms with van der Waals surface area (Å²) in [6.45, 7) is 7.61. The first-order chi connectivity index (χ1) is 39.0. The van der Waals surface area contributed by atoms with Gasteiger partial charge in [-0.2, -0.15) is 11.8 Å². The zero-order valence-corrected chi connectivity index (χ0v) is 49.4. The second kappa shape index (κ2) is 29.8. The van der Waals surface area contributed by atoms with Crippen molar-refractivity contribution in [3.8, 4) is 0 Å². The van der Waals surface area contributed by atoms with Crippen LogP contribution in [0.25, 0.3) is 10.9 Å². The van der Waals surface area contributed by atoms with Crippen molar-refractivity contribution in [2.45, 2.75) is 146 Å². The molecule has 83 heavy (non-hydrogen) atoms. The maximum atomic E-state index is 14.9. The molecule has 3 aromatic carbocycles. The summed E-state index contributed by atoms with van der Waals surface area (Å²) in [6.07, 6.45) is 1.80. The quantitative estimate of drug-likeness (QED) is 0.0312. The lowest BCUT2D eigenvalue weighted by Crippen LogP contribution is -2.63. The molecule has 27 heteroatoms. The molecular formula is C56H74ClN10O14PS. The summed E-state index contributed by atoms with van der Waals surface area (Å²) >= 11 is 7.67. The van der Waals surface area contributed by atoms with Gasteiger partial charge in [-0.1, -0.05) is 86.1 Å². The summed E-state index contributed by atoms with van der Waals surface area (Å²) in [5.41, 5.74) is 4.62. The number of benzene rings is 3. The van der Waals surface area contributed by atoms with Crippen molar-refractivity contribution in [3.63, 3.8) is 0 Å². The van der Waals surface area contributed by atoms with Crippen LogP contribution in [0.5, 0.6) is 0 Å². The van der Waals surface area contributed by atoms with Crippen LogP contribution in [0.1, 0.15) is 95.4 Å². The monoisotopic (exact) mass is 1210 g/mol. The summed E-state index contributed by atoms with van der Waals surface area (Å²) in [5.74, 6) is -8.20. The Labute approximate surface area is 489 Å². The van der Waals surface area contributed by atoms with E-state index in [2.05, 4.69) is 47.5 Å². The molecule has 0 aliphatic heterocycles. The highest BCUT2D eigenvalue weighted by Crippen LogP contribution is 2.39. The van der Waals surface area contributed by atoms with Gasteiger partial charge >= 0.3 is 13.6 Å².